The Morgan fingerprint density at radius 3 is 1.49 bits per heavy atom. The SMILES string of the molecule is CCCCOC(=O)[C@H](C)O/N=C(\C(=O)O)c1nc(NC(=O)OC(C)(C)C)sc1Cl.COc1ccc(COC(=O)C2=C(CCl)CSC3C(N)C(=O)N23)cc1.Cl.ClCCl.[B]OC(=O)[C@H](C)O/N=C(\C(=O)NC1C(=O)N2C(C(=O)OCc3ccc(OC)cc3)=C(CCl)CSC12)c1nc(NC(=O)OC(C)(C)C)sc1Cl. The number of hydrogen-bond donors (Lipinski definition) is 5. The number of aliphatic carboxylic acids is 1. The van der Waals surface area contributed by atoms with Crippen LogP contribution in [-0.4, -0.2) is 200 Å². The van der Waals surface area contributed by atoms with Crippen LogP contribution in [0.2, 0.25) is 8.67 Å². The Hall–Kier alpha value is -7.23. The van der Waals surface area contributed by atoms with Crippen molar-refractivity contribution in [3.8, 4) is 11.5 Å². The minimum Gasteiger partial charge on any atom is -0.541 e. The van der Waals surface area contributed by atoms with E-state index in [0.717, 1.165) is 40.4 Å². The fourth-order valence-electron chi connectivity index (χ4n) is 8.57. The summed E-state index contributed by atoms with van der Waals surface area (Å²) in [7, 11) is 8.03. The molecule has 6 atom stereocenters. The highest BCUT2D eigenvalue weighted by molar-refractivity contribution is 8.00. The molecule has 0 spiro atoms. The van der Waals surface area contributed by atoms with Crippen LogP contribution in [0.3, 0.4) is 0 Å². The molecule has 106 heavy (non-hydrogen) atoms. The highest BCUT2D eigenvalue weighted by Crippen LogP contribution is 2.43. The van der Waals surface area contributed by atoms with E-state index in [2.05, 4.69) is 40.9 Å². The lowest BCUT2D eigenvalue weighted by molar-refractivity contribution is -0.156. The Morgan fingerprint density at radius 2 is 1.08 bits per heavy atom. The van der Waals surface area contributed by atoms with E-state index in [0.29, 0.717) is 34.6 Å². The van der Waals surface area contributed by atoms with Crippen molar-refractivity contribution < 1.29 is 101 Å². The predicted molar refractivity (Wildman–Crippen MR) is 404 cm³/mol. The number of halogens is 7. The van der Waals surface area contributed by atoms with Crippen LogP contribution < -0.4 is 31.2 Å². The molecule has 0 saturated carbocycles. The smallest absolute Gasteiger partial charge is 0.413 e. The van der Waals surface area contributed by atoms with Gasteiger partial charge in [0.05, 0.1) is 26.2 Å². The van der Waals surface area contributed by atoms with E-state index >= 15 is 0 Å². The normalized spacial score (nSPS) is 17.2. The number of unbranched alkanes of at least 4 members (excludes halogenated alkanes) is 1. The molecule has 4 aliphatic heterocycles. The summed E-state index contributed by atoms with van der Waals surface area (Å²) in [6, 6.07) is 12.4. The van der Waals surface area contributed by atoms with Crippen molar-refractivity contribution in [1.29, 1.82) is 0 Å². The van der Waals surface area contributed by atoms with Gasteiger partial charge < -0.3 is 63.6 Å². The number of alkyl halides is 4. The molecule has 2 radical (unpaired) electrons. The lowest BCUT2D eigenvalue weighted by atomic mass is 10.0. The molecule has 2 fully saturated rings. The zero-order chi connectivity index (χ0) is 78.2. The van der Waals surface area contributed by atoms with Crippen molar-refractivity contribution in [2.24, 2.45) is 16.0 Å². The molecule has 5 amide bonds. The Bertz CT molecular complexity index is 3920. The fraction of sp³-hybridized carbons (Fsp3) is 0.460. The Morgan fingerprint density at radius 1 is 0.670 bits per heavy atom. The highest BCUT2D eigenvalue weighted by Gasteiger charge is 2.55. The maximum absolute atomic E-state index is 13.6. The summed E-state index contributed by atoms with van der Waals surface area (Å²) in [6.45, 7) is 14.9. The van der Waals surface area contributed by atoms with Crippen LogP contribution in [0.25, 0.3) is 0 Å². The van der Waals surface area contributed by atoms with Crippen molar-refractivity contribution in [2.75, 3.05) is 60.1 Å². The number of methoxy groups -OCH3 is 2. The number of nitrogens with two attached hydrogens (primary N) is 1. The molecule has 578 valence electrons. The van der Waals surface area contributed by atoms with Crippen LogP contribution in [0.1, 0.15) is 97.7 Å². The largest absolute Gasteiger partial charge is 0.541 e. The van der Waals surface area contributed by atoms with Gasteiger partial charge in [-0.25, -0.2) is 43.5 Å². The van der Waals surface area contributed by atoms with Gasteiger partial charge in [-0.3, -0.25) is 34.8 Å². The first kappa shape index (κ1) is 91.2. The maximum atomic E-state index is 13.6. The van der Waals surface area contributed by atoms with E-state index in [-0.39, 0.29) is 108 Å². The number of carboxylic acid groups (broad SMARTS) is 1. The predicted octanol–water partition coefficient (Wildman–Crippen LogP) is 10.5. The third-order valence-corrected chi connectivity index (χ3v) is 19.3. The molecule has 31 nitrogen and oxygen atoms in total. The van der Waals surface area contributed by atoms with Crippen LogP contribution in [0.4, 0.5) is 19.9 Å². The van der Waals surface area contributed by atoms with Crippen LogP contribution >= 0.6 is 128 Å². The molecule has 4 aliphatic rings. The number of anilines is 2. The monoisotopic (exact) mass is 1690 g/mol. The van der Waals surface area contributed by atoms with E-state index in [4.69, 9.17) is 126 Å². The Labute approximate surface area is 663 Å². The number of nitrogens with zero attached hydrogens (tertiary/aromatic N) is 6. The number of thioether (sulfide) groups is 2. The third kappa shape index (κ3) is 26.3. The number of esters is 3. The molecule has 0 bridgehead atoms. The first-order chi connectivity index (χ1) is 49.6. The lowest BCUT2D eigenvalue weighted by Gasteiger charge is -2.49. The summed E-state index contributed by atoms with van der Waals surface area (Å²) in [5.41, 5.74) is 5.55. The van der Waals surface area contributed by atoms with Gasteiger partial charge in [0.25, 0.3) is 11.8 Å². The van der Waals surface area contributed by atoms with Crippen molar-refractivity contribution >= 4 is 218 Å². The van der Waals surface area contributed by atoms with E-state index in [1.807, 2.05) is 19.1 Å². The van der Waals surface area contributed by atoms with Crippen LogP contribution in [0.15, 0.2) is 81.4 Å². The standard InChI is InChI=1S/C29H30BCl2N5O10S2.C17H24ClN3O7S.C16H17ClN2O4S.CH2Cl2.ClH/c1-13(25(40)46-30)47-36-18(17-21(32)49-27(34-17)35-28(42)45-29(2,3)4)22(38)33-19-23(39)37-20(15(10-31)12-48-24(19)37)26(41)44-11-14-6-8-16(43-5)9-7-14;1-6-7-8-26-14(24)9(2)28-21-11(13(22)23)10-12(18)29-15(19-10)20-16(25)27-17(3,4)5;1-22-11-4-2-9(3-5-11)7-23-16(21)13-10(6-17)8-24-15-12(18)14(20)19(13)15;2-1-3;/h6-9,13,19,24H,10-12H2,1-5H3,(H,33,38)(H,34,35,42);9H,6-8H2,1-5H3,(H,22,23)(H,19,20,25);2-5,12,15H,6-8,18H2,1H3;1H2;1H/b36-18-;21-11-;;;/t13-,19?,24?;9-;;;/m00.../s1. The average Bonchev–Trinajstić information content (AvgIpc) is 0.851. The first-order valence-corrected chi connectivity index (χ1v) is 37.6. The van der Waals surface area contributed by atoms with Crippen molar-refractivity contribution in [1.82, 2.24) is 25.1 Å². The van der Waals surface area contributed by atoms with Gasteiger partial charge in [0.1, 0.15) is 90.2 Å². The summed E-state index contributed by atoms with van der Waals surface area (Å²) >= 11 is 38.4. The maximum Gasteiger partial charge on any atom is 0.413 e. The number of β-lactam (4-membered cyclic amide) rings is 2. The van der Waals surface area contributed by atoms with Crippen molar-refractivity contribution in [3.63, 3.8) is 0 Å². The Balaban J connectivity index is 0.000000354. The molecule has 6 N–H and O–H groups in total. The van der Waals surface area contributed by atoms with E-state index in [9.17, 15) is 53.1 Å². The van der Waals surface area contributed by atoms with E-state index < -0.39 is 106 Å². The molecular formula is C63H74BCl7N10O21S4. The quantitative estimate of drug-likeness (QED) is 0.00570. The van der Waals surface area contributed by atoms with Gasteiger partial charge in [-0.1, -0.05) is 93.8 Å². The van der Waals surface area contributed by atoms with Gasteiger partial charge >= 0.3 is 50.1 Å². The number of rotatable bonds is 26. The minimum atomic E-state index is -1.48. The van der Waals surface area contributed by atoms with Crippen molar-refractivity contribution in [3.05, 3.63) is 102 Å². The molecule has 4 aromatic rings. The van der Waals surface area contributed by atoms with E-state index in [1.165, 1.54) is 54.3 Å². The first-order valence-electron chi connectivity index (χ1n) is 30.9. The summed E-state index contributed by atoms with van der Waals surface area (Å²) in [4.78, 5) is 145. The number of ether oxygens (including phenoxy) is 7. The number of carbonyl (C=O) groups is 10. The molecule has 43 heteroatoms. The molecule has 4 unspecified atom stereocenters. The van der Waals surface area contributed by atoms with Gasteiger partial charge in [0, 0.05) is 23.3 Å². The summed E-state index contributed by atoms with van der Waals surface area (Å²) < 4.78 is 40.4. The van der Waals surface area contributed by atoms with Gasteiger partial charge in [0.15, 0.2) is 16.0 Å². The fourth-order valence-corrected chi connectivity index (χ4v) is 13.9. The lowest BCUT2D eigenvalue weighted by Crippen LogP contribution is -2.71. The van der Waals surface area contributed by atoms with Gasteiger partial charge in [-0.2, -0.15) is 0 Å². The molecule has 2 aromatic heterocycles. The van der Waals surface area contributed by atoms with Gasteiger partial charge in [-0.05, 0) is 108 Å². The number of aromatic nitrogens is 2. The number of hydrogen-bond acceptors (Lipinski definition) is 29. The van der Waals surface area contributed by atoms with Crippen LogP contribution in [0, 0.1) is 0 Å². The van der Waals surface area contributed by atoms with Crippen molar-refractivity contribution in [2.45, 2.75) is 135 Å². The number of fused-ring (bicyclic) bond motifs is 2. The molecule has 2 saturated heterocycles. The number of thiazole rings is 2. The molecule has 0 aliphatic carbocycles. The molecular weight excluding hydrogens is 1620 g/mol. The zero-order valence-corrected chi connectivity index (χ0v) is 67.0. The summed E-state index contributed by atoms with van der Waals surface area (Å²) in [5.74, 6) is -3.99. The van der Waals surface area contributed by atoms with Crippen LogP contribution in [0.5, 0.6) is 11.5 Å². The summed E-state index contributed by atoms with van der Waals surface area (Å²) in [6.07, 6.45) is -2.54. The molecule has 2 aromatic carbocycles. The molecule has 6 heterocycles. The highest BCUT2D eigenvalue weighted by atomic mass is 35.5. The minimum absolute atomic E-state index is 0. The number of oxime groups is 2. The topological polar surface area (TPSA) is 402 Å². The second-order valence-corrected chi connectivity index (χ2v) is 30.3. The average molecular weight is 1690 g/mol. The van der Waals surface area contributed by atoms with Gasteiger partial charge in [0.2, 0.25) is 23.8 Å². The number of carbonyl (C=O) groups excluding carboxylic acids is 9. The van der Waals surface area contributed by atoms with Crippen LogP contribution in [-0.2, 0) is 89.6 Å². The summed E-state index contributed by atoms with van der Waals surface area (Å²) in [5, 5.41) is 23.2. The van der Waals surface area contributed by atoms with Gasteiger partial charge in [-0.15, -0.1) is 82.3 Å². The second-order valence-electron chi connectivity index (χ2n) is 23.6. The third-order valence-electron chi connectivity index (χ3n) is 13.6. The Kier molecular flexibility index (Phi) is 37.1. The molecule has 8 rings (SSSR count). The number of benzene rings is 2. The number of amides is 5. The van der Waals surface area contributed by atoms with E-state index in [1.54, 1.807) is 85.1 Å². The second kappa shape index (κ2) is 43.1. The number of carboxylic acids is 1. The number of nitrogens with one attached hydrogen (secondary N) is 3. The zero-order valence-electron chi connectivity index (χ0n) is 58.4.